The second kappa shape index (κ2) is 13.5. The second-order valence-electron chi connectivity index (χ2n) is 10.3. The number of carbonyl (C=O) groups excluding carboxylic acids is 2. The van der Waals surface area contributed by atoms with Gasteiger partial charge in [0.15, 0.2) is 0 Å². The third-order valence-corrected chi connectivity index (χ3v) is 7.27. The van der Waals surface area contributed by atoms with E-state index in [-0.39, 0.29) is 30.2 Å². The molecule has 0 bridgehead atoms. The largest absolute Gasteiger partial charge is 0.484 e. The number of nitrogens with zero attached hydrogens (tertiary/aromatic N) is 2. The van der Waals surface area contributed by atoms with Crippen LogP contribution in [0.1, 0.15) is 46.2 Å². The molecular weight excluding hydrogens is 528 g/mol. The van der Waals surface area contributed by atoms with Gasteiger partial charge in [-0.15, -0.1) is 0 Å². The maximum Gasteiger partial charge on any atom is 0.251 e. The molecule has 0 unspecified atom stereocenters. The topological polar surface area (TPSA) is 82.1 Å². The maximum atomic E-state index is 14.5. The Bertz CT molecular complexity index is 1360. The first-order valence-electron chi connectivity index (χ1n) is 13.5. The van der Waals surface area contributed by atoms with E-state index in [1.165, 1.54) is 36.4 Å². The molecule has 0 spiro atoms. The van der Waals surface area contributed by atoms with Crippen molar-refractivity contribution >= 4 is 11.8 Å². The maximum absolute atomic E-state index is 14.5. The molecule has 0 saturated carbocycles. The van der Waals surface area contributed by atoms with Crippen LogP contribution in [0.5, 0.6) is 5.75 Å². The molecule has 7 nitrogen and oxygen atoms in total. The average molecular weight is 564 g/mol. The van der Waals surface area contributed by atoms with Gasteiger partial charge in [0.25, 0.3) is 5.91 Å². The van der Waals surface area contributed by atoms with Crippen molar-refractivity contribution < 1.29 is 28.2 Å². The molecule has 2 N–H and O–H groups in total. The molecule has 1 saturated heterocycles. The van der Waals surface area contributed by atoms with E-state index in [4.69, 9.17) is 4.74 Å². The lowest BCUT2D eigenvalue weighted by atomic mass is 10.0. The molecule has 3 atom stereocenters. The lowest BCUT2D eigenvalue weighted by Gasteiger charge is -2.40. The number of amides is 2. The molecule has 4 rings (SSSR count). The highest BCUT2D eigenvalue weighted by Crippen LogP contribution is 2.26. The predicted octanol–water partition coefficient (Wildman–Crippen LogP) is 4.58. The summed E-state index contributed by atoms with van der Waals surface area (Å²) in [6, 6.07) is 17.1. The molecule has 1 fully saturated rings. The van der Waals surface area contributed by atoms with Crippen molar-refractivity contribution in [3.8, 4) is 5.75 Å². The van der Waals surface area contributed by atoms with E-state index >= 15 is 0 Å². The molecule has 1 heterocycles. The van der Waals surface area contributed by atoms with E-state index in [1.807, 2.05) is 13.0 Å². The number of aryl methyl sites for hydroxylation is 1. The monoisotopic (exact) mass is 563 g/mol. The Hall–Kier alpha value is -4.08. The zero-order chi connectivity index (χ0) is 29.5. The van der Waals surface area contributed by atoms with Crippen LogP contribution >= 0.6 is 0 Å². The van der Waals surface area contributed by atoms with Gasteiger partial charge in [0.2, 0.25) is 5.91 Å². The Morgan fingerprint density at radius 2 is 1.76 bits per heavy atom. The van der Waals surface area contributed by atoms with Crippen LogP contribution < -0.4 is 10.1 Å². The van der Waals surface area contributed by atoms with Gasteiger partial charge in [0.05, 0.1) is 6.10 Å². The van der Waals surface area contributed by atoms with Crippen LogP contribution in [0.3, 0.4) is 0 Å². The van der Waals surface area contributed by atoms with Crippen molar-refractivity contribution in [1.82, 2.24) is 15.1 Å². The Morgan fingerprint density at radius 1 is 1.07 bits per heavy atom. The van der Waals surface area contributed by atoms with Gasteiger partial charge in [-0.05, 0) is 79.1 Å². The summed E-state index contributed by atoms with van der Waals surface area (Å²) >= 11 is 0. The van der Waals surface area contributed by atoms with Crippen LogP contribution in [-0.2, 0) is 4.79 Å². The van der Waals surface area contributed by atoms with E-state index in [0.29, 0.717) is 54.2 Å². The van der Waals surface area contributed by atoms with Gasteiger partial charge < -0.3 is 20.1 Å². The molecule has 0 aromatic heterocycles. The van der Waals surface area contributed by atoms with Crippen LogP contribution in [0.4, 0.5) is 8.78 Å². The van der Waals surface area contributed by atoms with Crippen LogP contribution in [0, 0.1) is 18.6 Å². The third kappa shape index (κ3) is 7.77. The number of benzene rings is 3. The van der Waals surface area contributed by atoms with Gasteiger partial charge in [-0.3, -0.25) is 14.5 Å². The predicted molar refractivity (Wildman–Crippen MR) is 152 cm³/mol. The average Bonchev–Trinajstić information content (AvgIpc) is 2.97. The molecule has 9 heteroatoms. The third-order valence-electron chi connectivity index (χ3n) is 7.27. The van der Waals surface area contributed by atoms with Crippen molar-refractivity contribution in [2.24, 2.45) is 0 Å². The molecule has 3 aromatic carbocycles. The van der Waals surface area contributed by atoms with Crippen molar-refractivity contribution in [3.63, 3.8) is 0 Å². The van der Waals surface area contributed by atoms with Gasteiger partial charge in [-0.2, -0.15) is 0 Å². The van der Waals surface area contributed by atoms with E-state index in [2.05, 4.69) is 16.8 Å². The molecule has 1 aliphatic rings. The molecule has 216 valence electrons. The number of halogens is 2. The molecule has 41 heavy (non-hydrogen) atoms. The zero-order valence-corrected chi connectivity index (χ0v) is 23.2. The van der Waals surface area contributed by atoms with E-state index in [9.17, 15) is 23.5 Å². The Kier molecular flexibility index (Phi) is 9.86. The van der Waals surface area contributed by atoms with Crippen LogP contribution in [0.25, 0.3) is 0 Å². The summed E-state index contributed by atoms with van der Waals surface area (Å²) in [6.45, 7) is 9.54. The van der Waals surface area contributed by atoms with Crippen molar-refractivity contribution in [3.05, 3.63) is 113 Å². The van der Waals surface area contributed by atoms with Gasteiger partial charge in [-0.1, -0.05) is 30.8 Å². The van der Waals surface area contributed by atoms with Gasteiger partial charge in [0.1, 0.15) is 23.5 Å². The highest BCUT2D eigenvalue weighted by Gasteiger charge is 2.28. The zero-order valence-electron chi connectivity index (χ0n) is 23.2. The summed E-state index contributed by atoms with van der Waals surface area (Å²) in [5.74, 6) is -0.692. The molecule has 2 amide bonds. The normalized spacial score (nSPS) is 17.0. The molecule has 3 aromatic rings. The Morgan fingerprint density at radius 3 is 2.39 bits per heavy atom. The number of hydrogen-bond donors (Lipinski definition) is 2. The van der Waals surface area contributed by atoms with Crippen molar-refractivity contribution in [1.29, 1.82) is 0 Å². The van der Waals surface area contributed by atoms with E-state index < -0.39 is 18.0 Å². The number of aliphatic hydroxyl groups is 1. The standard InChI is InChI=1S/C32H35F2N3O4/c1-4-31(39)37-16-15-36(19-22(37)3)20-30(25-6-5-21(2)28(34)17-25)41-27-13-9-24(10-14-27)32(40)35-18-29(38)23-7-11-26(33)12-8-23/h4-14,17,22,29-30,38H,1,15-16,18-20H2,2-3H3,(H,35,40)/t22-,29-,30+/m1/s1. The molecule has 0 aliphatic carbocycles. The minimum absolute atomic E-state index is 0.0102. The Labute approximate surface area is 239 Å². The number of ether oxygens (including phenoxy) is 1. The fourth-order valence-corrected chi connectivity index (χ4v) is 4.84. The number of piperazine rings is 1. The summed E-state index contributed by atoms with van der Waals surface area (Å²) in [5, 5.41) is 13.0. The summed E-state index contributed by atoms with van der Waals surface area (Å²) < 4.78 is 33.9. The Balaban J connectivity index is 1.42. The van der Waals surface area contributed by atoms with E-state index in [1.54, 1.807) is 42.2 Å². The SMILES string of the molecule is C=CC(=O)N1CCN(C[C@H](Oc2ccc(C(=O)NC[C@@H](O)c3ccc(F)cc3)cc2)c2ccc(C)c(F)c2)C[C@H]1C. The summed E-state index contributed by atoms with van der Waals surface area (Å²) in [7, 11) is 0. The fraction of sp³-hybridized carbons (Fsp3) is 0.312. The number of nitrogens with one attached hydrogen (secondary N) is 1. The van der Waals surface area contributed by atoms with Crippen molar-refractivity contribution in [2.45, 2.75) is 32.1 Å². The number of carbonyl (C=O) groups is 2. The summed E-state index contributed by atoms with van der Waals surface area (Å²) in [4.78, 5) is 28.8. The quantitative estimate of drug-likeness (QED) is 0.353. The van der Waals surface area contributed by atoms with Crippen LogP contribution in [0.15, 0.2) is 79.4 Å². The van der Waals surface area contributed by atoms with Crippen LogP contribution in [0.2, 0.25) is 0 Å². The lowest BCUT2D eigenvalue weighted by Crippen LogP contribution is -2.54. The first kappa shape index (κ1) is 29.9. The molecular formula is C32H35F2N3O4. The molecule has 1 aliphatic heterocycles. The first-order chi connectivity index (χ1) is 19.6. The van der Waals surface area contributed by atoms with Crippen molar-refractivity contribution in [2.75, 3.05) is 32.7 Å². The number of aliphatic hydroxyl groups excluding tert-OH is 1. The van der Waals surface area contributed by atoms with Crippen LogP contribution in [-0.4, -0.2) is 65.5 Å². The summed E-state index contributed by atoms with van der Waals surface area (Å²) in [6.07, 6.45) is -0.146. The number of rotatable bonds is 10. The minimum Gasteiger partial charge on any atom is -0.484 e. The van der Waals surface area contributed by atoms with Gasteiger partial charge >= 0.3 is 0 Å². The summed E-state index contributed by atoms with van der Waals surface area (Å²) in [5.41, 5.74) is 2.09. The van der Waals surface area contributed by atoms with Gasteiger partial charge in [-0.25, -0.2) is 8.78 Å². The fourth-order valence-electron chi connectivity index (χ4n) is 4.84. The lowest BCUT2D eigenvalue weighted by molar-refractivity contribution is -0.130. The highest BCUT2D eigenvalue weighted by molar-refractivity contribution is 5.94. The van der Waals surface area contributed by atoms with Gasteiger partial charge in [0, 0.05) is 44.3 Å². The first-order valence-corrected chi connectivity index (χ1v) is 13.5. The number of hydrogen-bond acceptors (Lipinski definition) is 5. The van der Waals surface area contributed by atoms with E-state index in [0.717, 1.165) is 0 Å². The second-order valence-corrected chi connectivity index (χ2v) is 10.3. The smallest absolute Gasteiger partial charge is 0.251 e. The molecule has 0 radical (unpaired) electrons. The minimum atomic E-state index is -0.975. The highest BCUT2D eigenvalue weighted by atomic mass is 19.1.